The Labute approximate surface area is 185 Å². The lowest BCUT2D eigenvalue weighted by atomic mass is 9.66. The van der Waals surface area contributed by atoms with Crippen molar-refractivity contribution in [3.05, 3.63) is 96.6 Å². The van der Waals surface area contributed by atoms with Gasteiger partial charge in [0.05, 0.1) is 23.0 Å². The summed E-state index contributed by atoms with van der Waals surface area (Å²) >= 11 is 0. The van der Waals surface area contributed by atoms with Gasteiger partial charge in [-0.2, -0.15) is 10.1 Å². The zero-order valence-corrected chi connectivity index (χ0v) is 17.5. The first kappa shape index (κ1) is 19.9. The molecule has 0 bridgehead atoms. The highest BCUT2D eigenvalue weighted by molar-refractivity contribution is 6.30. The molecule has 3 aromatic rings. The predicted octanol–water partition coefficient (Wildman–Crippen LogP) is 3.93. The van der Waals surface area contributed by atoms with Gasteiger partial charge in [0, 0.05) is 6.42 Å². The number of nitrogens with zero attached hydrogens (tertiary/aromatic N) is 3. The Kier molecular flexibility index (Phi) is 4.70. The van der Waals surface area contributed by atoms with E-state index < -0.39 is 11.3 Å². The lowest BCUT2D eigenvalue weighted by Crippen LogP contribution is -2.51. The van der Waals surface area contributed by atoms with Crippen LogP contribution in [0.4, 0.5) is 11.4 Å². The monoisotopic (exact) mass is 423 g/mol. The van der Waals surface area contributed by atoms with E-state index in [0.29, 0.717) is 22.6 Å². The fourth-order valence-electron chi connectivity index (χ4n) is 4.79. The molecule has 158 valence electrons. The van der Waals surface area contributed by atoms with Crippen molar-refractivity contribution in [3.8, 4) is 0 Å². The molecule has 1 saturated heterocycles. The van der Waals surface area contributed by atoms with Crippen LogP contribution in [-0.4, -0.2) is 23.4 Å². The second kappa shape index (κ2) is 7.57. The summed E-state index contributed by atoms with van der Waals surface area (Å²) in [6.07, 6.45) is -0.0656. The summed E-state index contributed by atoms with van der Waals surface area (Å²) < 4.78 is 0. The average molecular weight is 423 g/mol. The van der Waals surface area contributed by atoms with Crippen LogP contribution in [0, 0.1) is 5.92 Å². The maximum atomic E-state index is 14.1. The van der Waals surface area contributed by atoms with Gasteiger partial charge < -0.3 is 0 Å². The van der Waals surface area contributed by atoms with Crippen molar-refractivity contribution in [1.29, 1.82) is 0 Å². The van der Waals surface area contributed by atoms with Crippen molar-refractivity contribution in [2.45, 2.75) is 18.8 Å². The third kappa shape index (κ3) is 2.80. The summed E-state index contributed by atoms with van der Waals surface area (Å²) in [5, 5.41) is 5.94. The fourth-order valence-corrected chi connectivity index (χ4v) is 4.79. The number of imide groups is 1. The summed E-state index contributed by atoms with van der Waals surface area (Å²) in [7, 11) is 0. The van der Waals surface area contributed by atoms with Gasteiger partial charge in [0.15, 0.2) is 0 Å². The largest absolute Gasteiger partial charge is 0.274 e. The van der Waals surface area contributed by atoms with Gasteiger partial charge in [0.25, 0.3) is 5.91 Å². The number of hydrogen-bond donors (Lipinski definition) is 0. The molecule has 0 aromatic heterocycles. The van der Waals surface area contributed by atoms with E-state index in [2.05, 4.69) is 5.10 Å². The fraction of sp³-hybridized carbons (Fsp3) is 0.154. The molecule has 6 nitrogen and oxygen atoms in total. The van der Waals surface area contributed by atoms with Gasteiger partial charge in [-0.05, 0) is 36.8 Å². The van der Waals surface area contributed by atoms with Gasteiger partial charge in [-0.1, -0.05) is 66.7 Å². The highest BCUT2D eigenvalue weighted by Gasteiger charge is 2.62. The molecule has 0 aliphatic carbocycles. The van der Waals surface area contributed by atoms with E-state index in [1.807, 2.05) is 54.6 Å². The minimum atomic E-state index is -1.35. The minimum absolute atomic E-state index is 0.0656. The Morgan fingerprint density at radius 2 is 1.31 bits per heavy atom. The molecule has 0 saturated carbocycles. The Balaban J connectivity index is 1.65. The predicted molar refractivity (Wildman–Crippen MR) is 122 cm³/mol. The summed E-state index contributed by atoms with van der Waals surface area (Å²) in [5.41, 5.74) is 0.928. The Hall–Kier alpha value is -4.06. The first-order valence-electron chi connectivity index (χ1n) is 10.5. The highest BCUT2D eigenvalue weighted by Crippen LogP contribution is 2.46. The molecule has 0 spiro atoms. The number of carbonyl (C=O) groups is 3. The molecule has 5 rings (SSSR count). The molecule has 2 aliphatic rings. The van der Waals surface area contributed by atoms with E-state index in [1.54, 1.807) is 43.3 Å². The lowest BCUT2D eigenvalue weighted by molar-refractivity contribution is -0.129. The van der Waals surface area contributed by atoms with Crippen molar-refractivity contribution in [2.75, 3.05) is 9.91 Å². The molecule has 6 heteroatoms. The first-order chi connectivity index (χ1) is 15.5. The second-order valence-electron chi connectivity index (χ2n) is 7.97. The van der Waals surface area contributed by atoms with E-state index in [1.165, 1.54) is 9.91 Å². The van der Waals surface area contributed by atoms with E-state index in [4.69, 9.17) is 0 Å². The molecule has 0 radical (unpaired) electrons. The van der Waals surface area contributed by atoms with E-state index >= 15 is 0 Å². The SMILES string of the molecule is CC1=NN(c2ccccc2)C(=O)C1(c1ccccc1)C1CC(=O)N(c2ccccc2)C1=O. The van der Waals surface area contributed by atoms with Crippen molar-refractivity contribution in [3.63, 3.8) is 0 Å². The number of hydrogen-bond acceptors (Lipinski definition) is 4. The molecular weight excluding hydrogens is 402 g/mol. The Bertz CT molecular complexity index is 1220. The maximum Gasteiger partial charge on any atom is 0.264 e. The smallest absolute Gasteiger partial charge is 0.264 e. The van der Waals surface area contributed by atoms with Gasteiger partial charge in [-0.25, -0.2) is 0 Å². The summed E-state index contributed by atoms with van der Waals surface area (Å²) in [4.78, 5) is 42.0. The zero-order chi connectivity index (χ0) is 22.3. The molecule has 2 atom stereocenters. The van der Waals surface area contributed by atoms with Crippen LogP contribution in [0.5, 0.6) is 0 Å². The zero-order valence-electron chi connectivity index (χ0n) is 17.5. The van der Waals surface area contributed by atoms with E-state index in [9.17, 15) is 14.4 Å². The lowest BCUT2D eigenvalue weighted by Gasteiger charge is -2.33. The van der Waals surface area contributed by atoms with Crippen LogP contribution in [0.15, 0.2) is 96.1 Å². The van der Waals surface area contributed by atoms with Crippen molar-refractivity contribution in [2.24, 2.45) is 11.0 Å². The molecule has 3 amide bonds. The molecule has 3 aromatic carbocycles. The third-order valence-corrected chi connectivity index (χ3v) is 6.26. The van der Waals surface area contributed by atoms with Crippen LogP contribution in [0.25, 0.3) is 0 Å². The first-order valence-corrected chi connectivity index (χ1v) is 10.5. The van der Waals surface area contributed by atoms with Crippen LogP contribution in [0.1, 0.15) is 18.9 Å². The van der Waals surface area contributed by atoms with Crippen LogP contribution < -0.4 is 9.91 Å². The number of para-hydroxylation sites is 2. The van der Waals surface area contributed by atoms with E-state index in [0.717, 1.165) is 0 Å². The number of rotatable bonds is 4. The van der Waals surface area contributed by atoms with Crippen LogP contribution >= 0.6 is 0 Å². The number of amides is 3. The van der Waals surface area contributed by atoms with E-state index in [-0.39, 0.29) is 24.1 Å². The topological polar surface area (TPSA) is 70.1 Å². The quantitative estimate of drug-likeness (QED) is 0.597. The maximum absolute atomic E-state index is 14.1. The van der Waals surface area contributed by atoms with Crippen molar-refractivity contribution in [1.82, 2.24) is 0 Å². The Morgan fingerprint density at radius 3 is 1.91 bits per heavy atom. The standard InChI is InChI=1S/C26H21N3O3/c1-18-26(19-11-5-2-6-12-19,25(32)29(27-18)21-15-9-4-10-16-21)22-17-23(30)28(24(22)31)20-13-7-3-8-14-20/h2-16,22H,17H2,1H3. The van der Waals surface area contributed by atoms with Gasteiger partial charge >= 0.3 is 0 Å². The summed E-state index contributed by atoms with van der Waals surface area (Å²) in [5.74, 6) is -1.92. The molecule has 2 aliphatic heterocycles. The molecular formula is C26H21N3O3. The molecule has 0 N–H and O–H groups in total. The number of hydrazone groups is 1. The Morgan fingerprint density at radius 1 is 0.781 bits per heavy atom. The molecule has 1 fully saturated rings. The van der Waals surface area contributed by atoms with Gasteiger partial charge in [0.2, 0.25) is 11.8 Å². The van der Waals surface area contributed by atoms with Gasteiger partial charge in [-0.15, -0.1) is 0 Å². The van der Waals surface area contributed by atoms with Crippen molar-refractivity contribution >= 4 is 34.8 Å². The molecule has 2 unspecified atom stereocenters. The average Bonchev–Trinajstić information content (AvgIpc) is 3.27. The highest BCUT2D eigenvalue weighted by atomic mass is 16.2. The molecule has 2 heterocycles. The molecule has 32 heavy (non-hydrogen) atoms. The van der Waals surface area contributed by atoms with Crippen LogP contribution in [0.2, 0.25) is 0 Å². The second-order valence-corrected chi connectivity index (χ2v) is 7.97. The normalized spacial score (nSPS) is 23.1. The number of benzene rings is 3. The minimum Gasteiger partial charge on any atom is -0.274 e. The third-order valence-electron chi connectivity index (χ3n) is 6.26. The van der Waals surface area contributed by atoms with Crippen molar-refractivity contribution < 1.29 is 14.4 Å². The van der Waals surface area contributed by atoms with Crippen LogP contribution in [-0.2, 0) is 19.8 Å². The van der Waals surface area contributed by atoms with Gasteiger partial charge in [0.1, 0.15) is 5.41 Å². The summed E-state index contributed by atoms with van der Waals surface area (Å²) in [6, 6.07) is 27.1. The van der Waals surface area contributed by atoms with Gasteiger partial charge in [-0.3, -0.25) is 19.3 Å². The van der Waals surface area contributed by atoms with Crippen LogP contribution in [0.3, 0.4) is 0 Å². The number of carbonyl (C=O) groups excluding carboxylic acids is 3. The number of anilines is 2. The summed E-state index contributed by atoms with van der Waals surface area (Å²) in [6.45, 7) is 1.76.